The summed E-state index contributed by atoms with van der Waals surface area (Å²) in [5.41, 5.74) is 1.16. The number of rotatable bonds is 9. The molecular formula is C12H19N5OS3. The summed E-state index contributed by atoms with van der Waals surface area (Å²) in [4.78, 5) is 6.75. The second kappa shape index (κ2) is 8.52. The lowest BCUT2D eigenvalue weighted by Crippen LogP contribution is -2.10. The van der Waals surface area contributed by atoms with Crippen molar-refractivity contribution >= 4 is 40.6 Å². The van der Waals surface area contributed by atoms with E-state index < -0.39 is 0 Å². The van der Waals surface area contributed by atoms with Gasteiger partial charge in [0.1, 0.15) is 5.01 Å². The van der Waals surface area contributed by atoms with Crippen molar-refractivity contribution in [1.82, 2.24) is 18.6 Å². The molecule has 0 aromatic carbocycles. The number of methoxy groups -OCH3 is 1. The van der Waals surface area contributed by atoms with E-state index in [2.05, 4.69) is 43.4 Å². The van der Waals surface area contributed by atoms with E-state index in [1.807, 2.05) is 11.8 Å². The maximum Gasteiger partial charge on any atom is 0.270 e. The zero-order valence-corrected chi connectivity index (χ0v) is 14.8. The minimum atomic E-state index is 0.567. The first-order valence-electron chi connectivity index (χ1n) is 6.45. The number of anilines is 1. The normalized spacial score (nSPS) is 11.0. The van der Waals surface area contributed by atoms with Gasteiger partial charge in [-0.15, -0.1) is 15.7 Å². The van der Waals surface area contributed by atoms with Gasteiger partial charge in [-0.05, 0) is 14.1 Å². The molecular weight excluding hydrogens is 326 g/mol. The van der Waals surface area contributed by atoms with Crippen LogP contribution in [0.25, 0.3) is 0 Å². The highest BCUT2D eigenvalue weighted by molar-refractivity contribution is 7.98. The van der Waals surface area contributed by atoms with Gasteiger partial charge in [-0.25, -0.2) is 4.98 Å². The van der Waals surface area contributed by atoms with Gasteiger partial charge in [-0.3, -0.25) is 0 Å². The molecule has 0 atom stereocenters. The summed E-state index contributed by atoms with van der Waals surface area (Å²) >= 11 is 4.74. The lowest BCUT2D eigenvalue weighted by atomic mass is 10.5. The standard InChI is InChI=1S/C12H19N5OS3/c1-17(2)6-10-14-9(8-20-10)7-19-5-4-13-11-12(18-3)16-21-15-11/h8H,4-7H2,1-3H3,(H,13,15). The summed E-state index contributed by atoms with van der Waals surface area (Å²) in [7, 11) is 5.72. The number of hydrogen-bond acceptors (Lipinski definition) is 9. The molecule has 116 valence electrons. The SMILES string of the molecule is COc1nsnc1NCCSCc1csc(CN(C)C)n1. The Kier molecular flexibility index (Phi) is 6.68. The van der Waals surface area contributed by atoms with Crippen molar-refractivity contribution in [1.29, 1.82) is 0 Å². The minimum Gasteiger partial charge on any atom is -0.478 e. The van der Waals surface area contributed by atoms with Crippen LogP contribution in [0.3, 0.4) is 0 Å². The van der Waals surface area contributed by atoms with Gasteiger partial charge in [-0.2, -0.15) is 16.1 Å². The molecule has 0 amide bonds. The number of thioether (sulfide) groups is 1. The molecule has 21 heavy (non-hydrogen) atoms. The van der Waals surface area contributed by atoms with Crippen LogP contribution in [-0.4, -0.2) is 52.1 Å². The summed E-state index contributed by atoms with van der Waals surface area (Å²) in [5.74, 6) is 3.22. The molecule has 0 fully saturated rings. The van der Waals surface area contributed by atoms with E-state index in [9.17, 15) is 0 Å². The molecule has 0 spiro atoms. The van der Waals surface area contributed by atoms with Crippen molar-refractivity contribution in [2.45, 2.75) is 12.3 Å². The van der Waals surface area contributed by atoms with Crippen molar-refractivity contribution in [3.63, 3.8) is 0 Å². The highest BCUT2D eigenvalue weighted by Gasteiger charge is 2.07. The first-order chi connectivity index (χ1) is 10.2. The fourth-order valence-electron chi connectivity index (χ4n) is 1.60. The molecule has 9 heteroatoms. The molecule has 0 saturated carbocycles. The van der Waals surface area contributed by atoms with Crippen LogP contribution in [0.15, 0.2) is 5.38 Å². The molecule has 2 aromatic heterocycles. The molecule has 0 aliphatic heterocycles. The Morgan fingerprint density at radius 2 is 2.24 bits per heavy atom. The molecule has 6 nitrogen and oxygen atoms in total. The van der Waals surface area contributed by atoms with Crippen LogP contribution < -0.4 is 10.1 Å². The smallest absolute Gasteiger partial charge is 0.270 e. The van der Waals surface area contributed by atoms with Gasteiger partial charge in [0, 0.05) is 30.0 Å². The van der Waals surface area contributed by atoms with E-state index in [0.29, 0.717) is 5.88 Å². The summed E-state index contributed by atoms with van der Waals surface area (Å²) in [5, 5.41) is 6.55. The average molecular weight is 346 g/mol. The molecule has 2 heterocycles. The van der Waals surface area contributed by atoms with Crippen LogP contribution in [0, 0.1) is 0 Å². The maximum absolute atomic E-state index is 5.10. The van der Waals surface area contributed by atoms with E-state index in [1.54, 1.807) is 18.4 Å². The van der Waals surface area contributed by atoms with Crippen molar-refractivity contribution in [2.24, 2.45) is 0 Å². The van der Waals surface area contributed by atoms with E-state index in [1.165, 1.54) is 5.01 Å². The number of ether oxygens (including phenoxy) is 1. The van der Waals surface area contributed by atoms with Crippen LogP contribution in [0.5, 0.6) is 5.88 Å². The molecule has 2 rings (SSSR count). The van der Waals surface area contributed by atoms with Gasteiger partial charge in [0.05, 0.1) is 24.5 Å². The summed E-state index contributed by atoms with van der Waals surface area (Å²) in [6, 6.07) is 0. The molecule has 0 radical (unpaired) electrons. The zero-order valence-electron chi connectivity index (χ0n) is 12.3. The number of thiazole rings is 1. The van der Waals surface area contributed by atoms with Gasteiger partial charge in [0.15, 0.2) is 0 Å². The van der Waals surface area contributed by atoms with Crippen LogP contribution in [0.2, 0.25) is 0 Å². The lowest BCUT2D eigenvalue weighted by Gasteiger charge is -2.05. The Hall–Kier alpha value is -0.900. The van der Waals surface area contributed by atoms with Crippen LogP contribution in [-0.2, 0) is 12.3 Å². The van der Waals surface area contributed by atoms with Gasteiger partial charge in [0.25, 0.3) is 5.88 Å². The molecule has 0 saturated heterocycles. The Labute approximate surface area is 137 Å². The Morgan fingerprint density at radius 1 is 1.38 bits per heavy atom. The number of nitrogens with zero attached hydrogens (tertiary/aromatic N) is 4. The van der Waals surface area contributed by atoms with E-state index in [0.717, 1.165) is 47.8 Å². The third kappa shape index (κ3) is 5.42. The number of hydrogen-bond donors (Lipinski definition) is 1. The van der Waals surface area contributed by atoms with E-state index in [4.69, 9.17) is 4.74 Å². The third-order valence-corrected chi connectivity index (χ3v) is 4.88. The third-order valence-electron chi connectivity index (χ3n) is 2.49. The number of aromatic nitrogens is 3. The topological polar surface area (TPSA) is 63.2 Å². The predicted molar refractivity (Wildman–Crippen MR) is 90.6 cm³/mol. The quantitative estimate of drug-likeness (QED) is 0.700. The van der Waals surface area contributed by atoms with Crippen LogP contribution >= 0.6 is 34.8 Å². The minimum absolute atomic E-state index is 0.567. The van der Waals surface area contributed by atoms with Crippen molar-refractivity contribution in [3.05, 3.63) is 16.1 Å². The summed E-state index contributed by atoms with van der Waals surface area (Å²) in [6.07, 6.45) is 0. The van der Waals surface area contributed by atoms with Gasteiger partial charge in [0.2, 0.25) is 5.82 Å². The largest absolute Gasteiger partial charge is 0.478 e. The number of nitrogens with one attached hydrogen (secondary N) is 1. The van der Waals surface area contributed by atoms with Crippen molar-refractivity contribution < 1.29 is 4.74 Å². The average Bonchev–Trinajstić information content (AvgIpc) is 3.07. The van der Waals surface area contributed by atoms with Gasteiger partial charge >= 0.3 is 0 Å². The molecule has 0 unspecified atom stereocenters. The van der Waals surface area contributed by atoms with Gasteiger partial charge < -0.3 is 15.0 Å². The van der Waals surface area contributed by atoms with Crippen LogP contribution in [0.1, 0.15) is 10.7 Å². The molecule has 2 aromatic rings. The van der Waals surface area contributed by atoms with Crippen molar-refractivity contribution in [3.8, 4) is 5.88 Å². The second-order valence-electron chi connectivity index (χ2n) is 4.57. The second-order valence-corrected chi connectivity index (χ2v) is 7.15. The lowest BCUT2D eigenvalue weighted by molar-refractivity contribution is 0.401. The summed E-state index contributed by atoms with van der Waals surface area (Å²) < 4.78 is 13.3. The Morgan fingerprint density at radius 3 is 3.00 bits per heavy atom. The fraction of sp³-hybridized carbons (Fsp3) is 0.583. The summed E-state index contributed by atoms with van der Waals surface area (Å²) in [6.45, 7) is 1.74. The Bertz CT molecular complexity index is 542. The van der Waals surface area contributed by atoms with Crippen LogP contribution in [0.4, 0.5) is 5.82 Å². The first-order valence-corrected chi connectivity index (χ1v) is 9.21. The van der Waals surface area contributed by atoms with Gasteiger partial charge in [-0.1, -0.05) is 0 Å². The Balaban J connectivity index is 1.64. The molecule has 1 N–H and O–H groups in total. The predicted octanol–water partition coefficient (Wildman–Crippen LogP) is 2.41. The zero-order chi connectivity index (χ0) is 15.1. The highest BCUT2D eigenvalue weighted by atomic mass is 32.2. The highest BCUT2D eigenvalue weighted by Crippen LogP contribution is 2.20. The molecule has 0 bridgehead atoms. The molecule has 0 aliphatic carbocycles. The first kappa shape index (κ1) is 16.5. The molecule has 0 aliphatic rings. The van der Waals surface area contributed by atoms with Crippen molar-refractivity contribution in [2.75, 3.05) is 38.8 Å². The fourth-order valence-corrected chi connectivity index (χ4v) is 3.86. The van der Waals surface area contributed by atoms with E-state index >= 15 is 0 Å². The van der Waals surface area contributed by atoms with E-state index in [-0.39, 0.29) is 0 Å². The maximum atomic E-state index is 5.10. The monoisotopic (exact) mass is 345 g/mol.